The van der Waals surface area contributed by atoms with Crippen molar-refractivity contribution in [2.24, 2.45) is 5.92 Å². The Balaban J connectivity index is 2.15. The molecule has 0 radical (unpaired) electrons. The monoisotopic (exact) mass is 231 g/mol. The molecule has 1 rings (SSSR count). The Kier molecular flexibility index (Phi) is 6.10. The van der Waals surface area contributed by atoms with Gasteiger partial charge < -0.3 is 9.64 Å². The van der Waals surface area contributed by atoms with Crippen molar-refractivity contribution in [3.05, 3.63) is 0 Å². The van der Waals surface area contributed by atoms with Gasteiger partial charge in [0.1, 0.15) is 0 Å². The Morgan fingerprint density at radius 1 is 1.60 bits per heavy atom. The maximum Gasteiger partial charge on any atom is 0.232 e. The zero-order chi connectivity index (χ0) is 11.1. The molecule has 3 nitrogen and oxygen atoms in total. The normalized spacial score (nSPS) is 21.7. The summed E-state index contributed by atoms with van der Waals surface area (Å²) in [5, 5.41) is 0. The number of hydrogen-bond acceptors (Lipinski definition) is 3. The lowest BCUT2D eigenvalue weighted by atomic mass is 10.0. The smallest absolute Gasteiger partial charge is 0.232 e. The molecule has 1 saturated heterocycles. The Hall–Kier alpha value is -0.220. The van der Waals surface area contributed by atoms with Gasteiger partial charge in [-0.15, -0.1) is 11.8 Å². The minimum atomic E-state index is 0.294. The van der Waals surface area contributed by atoms with E-state index < -0.39 is 0 Å². The second kappa shape index (κ2) is 7.12. The van der Waals surface area contributed by atoms with Crippen LogP contribution in [0.3, 0.4) is 0 Å². The predicted octanol–water partition coefficient (Wildman–Crippen LogP) is 1.62. The summed E-state index contributed by atoms with van der Waals surface area (Å²) < 4.78 is 4.94. The second-order valence-corrected chi connectivity index (χ2v) is 5.24. The molecule has 1 atom stereocenters. The van der Waals surface area contributed by atoms with Crippen LogP contribution in [-0.2, 0) is 9.53 Å². The molecule has 0 aromatic heterocycles. The van der Waals surface area contributed by atoms with Gasteiger partial charge in [0, 0.05) is 26.0 Å². The summed E-state index contributed by atoms with van der Waals surface area (Å²) in [5.74, 6) is 2.48. The van der Waals surface area contributed by atoms with Crippen LogP contribution in [0.2, 0.25) is 0 Å². The molecule has 1 aliphatic heterocycles. The van der Waals surface area contributed by atoms with E-state index in [0.717, 1.165) is 31.9 Å². The number of thioether (sulfide) groups is 1. The van der Waals surface area contributed by atoms with Crippen molar-refractivity contribution in [3.8, 4) is 0 Å². The van der Waals surface area contributed by atoms with Crippen molar-refractivity contribution in [1.82, 2.24) is 4.90 Å². The molecule has 0 aromatic carbocycles. The average molecular weight is 231 g/mol. The van der Waals surface area contributed by atoms with Crippen molar-refractivity contribution in [2.75, 3.05) is 38.3 Å². The number of ether oxygens (including phenoxy) is 1. The van der Waals surface area contributed by atoms with Gasteiger partial charge in [-0.3, -0.25) is 4.79 Å². The second-order valence-electron chi connectivity index (χ2n) is 4.13. The Morgan fingerprint density at radius 2 is 2.40 bits per heavy atom. The minimum absolute atomic E-state index is 0.294. The number of nitrogens with zero attached hydrogens (tertiary/aromatic N) is 1. The predicted molar refractivity (Wildman–Crippen MR) is 64.2 cm³/mol. The lowest BCUT2D eigenvalue weighted by Crippen LogP contribution is -2.40. The number of carbonyl (C=O) groups excluding carboxylic acids is 1. The highest BCUT2D eigenvalue weighted by atomic mass is 32.2. The third-order valence-corrected chi connectivity index (χ3v) is 3.57. The van der Waals surface area contributed by atoms with Gasteiger partial charge in [0.05, 0.1) is 12.4 Å². The Morgan fingerprint density at radius 3 is 3.07 bits per heavy atom. The number of rotatable bonds is 5. The van der Waals surface area contributed by atoms with Gasteiger partial charge >= 0.3 is 0 Å². The van der Waals surface area contributed by atoms with Crippen LogP contribution in [0.1, 0.15) is 19.8 Å². The molecule has 0 spiro atoms. The molecule has 0 aliphatic carbocycles. The molecule has 1 fully saturated rings. The Bertz CT molecular complexity index is 199. The molecule has 88 valence electrons. The first-order valence-corrected chi connectivity index (χ1v) is 6.74. The highest BCUT2D eigenvalue weighted by Crippen LogP contribution is 2.16. The Labute approximate surface area is 96.5 Å². The van der Waals surface area contributed by atoms with Crippen LogP contribution >= 0.6 is 11.8 Å². The maximum atomic E-state index is 11.8. The number of piperidine rings is 1. The van der Waals surface area contributed by atoms with Gasteiger partial charge in [-0.05, 0) is 18.8 Å². The highest BCUT2D eigenvalue weighted by molar-refractivity contribution is 7.99. The van der Waals surface area contributed by atoms with Gasteiger partial charge in [0.15, 0.2) is 0 Å². The summed E-state index contributed by atoms with van der Waals surface area (Å²) in [6, 6.07) is 0. The zero-order valence-electron chi connectivity index (χ0n) is 9.70. The maximum absolute atomic E-state index is 11.8. The minimum Gasteiger partial charge on any atom is -0.384 e. The quantitative estimate of drug-likeness (QED) is 0.673. The molecular weight excluding hydrogens is 210 g/mol. The van der Waals surface area contributed by atoms with Crippen molar-refractivity contribution in [3.63, 3.8) is 0 Å². The fourth-order valence-electron chi connectivity index (χ4n) is 1.81. The highest BCUT2D eigenvalue weighted by Gasteiger charge is 2.20. The van der Waals surface area contributed by atoms with Crippen LogP contribution < -0.4 is 0 Å². The van der Waals surface area contributed by atoms with E-state index in [1.807, 2.05) is 4.90 Å². The lowest BCUT2D eigenvalue weighted by Gasteiger charge is -2.30. The van der Waals surface area contributed by atoms with Crippen molar-refractivity contribution in [1.29, 1.82) is 0 Å². The summed E-state index contributed by atoms with van der Waals surface area (Å²) in [6.07, 6.45) is 2.43. The first kappa shape index (κ1) is 12.8. The van der Waals surface area contributed by atoms with E-state index in [-0.39, 0.29) is 0 Å². The van der Waals surface area contributed by atoms with Crippen LogP contribution in [0.4, 0.5) is 0 Å². The van der Waals surface area contributed by atoms with E-state index in [1.165, 1.54) is 6.42 Å². The molecule has 0 aromatic rings. The number of amides is 1. The van der Waals surface area contributed by atoms with Crippen molar-refractivity contribution < 1.29 is 9.53 Å². The van der Waals surface area contributed by atoms with Gasteiger partial charge in [0.2, 0.25) is 5.91 Å². The number of likely N-dealkylation sites (tertiary alicyclic amines) is 1. The summed E-state index contributed by atoms with van der Waals surface area (Å²) in [5.41, 5.74) is 0. The molecule has 1 aliphatic rings. The van der Waals surface area contributed by atoms with Crippen LogP contribution in [-0.4, -0.2) is 49.1 Å². The molecular formula is C11H21NO2S. The first-order chi connectivity index (χ1) is 7.24. The fourth-order valence-corrected chi connectivity index (χ4v) is 2.59. The van der Waals surface area contributed by atoms with Gasteiger partial charge in [-0.1, -0.05) is 6.92 Å². The zero-order valence-corrected chi connectivity index (χ0v) is 10.5. The molecule has 0 saturated carbocycles. The molecule has 0 N–H and O–H groups in total. The van der Waals surface area contributed by atoms with Crippen LogP contribution in [0, 0.1) is 5.92 Å². The van der Waals surface area contributed by atoms with Crippen LogP contribution in [0.25, 0.3) is 0 Å². The van der Waals surface area contributed by atoms with Gasteiger partial charge in [-0.25, -0.2) is 0 Å². The summed E-state index contributed by atoms with van der Waals surface area (Å²) >= 11 is 1.66. The third kappa shape index (κ3) is 4.89. The lowest BCUT2D eigenvalue weighted by molar-refractivity contribution is -0.130. The summed E-state index contributed by atoms with van der Waals surface area (Å²) in [7, 11) is 1.69. The number of methoxy groups -OCH3 is 1. The van der Waals surface area contributed by atoms with Gasteiger partial charge in [0.25, 0.3) is 0 Å². The SMILES string of the molecule is COCCSCC(=O)N1CCC[C@H](C)C1. The van der Waals surface area contributed by atoms with Crippen LogP contribution in [0.5, 0.6) is 0 Å². The van der Waals surface area contributed by atoms with E-state index in [4.69, 9.17) is 4.74 Å². The molecule has 1 heterocycles. The largest absolute Gasteiger partial charge is 0.384 e. The fraction of sp³-hybridized carbons (Fsp3) is 0.909. The average Bonchev–Trinajstić information content (AvgIpc) is 2.24. The van der Waals surface area contributed by atoms with E-state index in [1.54, 1.807) is 18.9 Å². The molecule has 15 heavy (non-hydrogen) atoms. The number of hydrogen-bond donors (Lipinski definition) is 0. The van der Waals surface area contributed by atoms with Crippen molar-refractivity contribution in [2.45, 2.75) is 19.8 Å². The molecule has 1 amide bonds. The topological polar surface area (TPSA) is 29.5 Å². The van der Waals surface area contributed by atoms with E-state index >= 15 is 0 Å². The van der Waals surface area contributed by atoms with E-state index in [9.17, 15) is 4.79 Å². The molecule has 0 unspecified atom stereocenters. The van der Waals surface area contributed by atoms with E-state index in [0.29, 0.717) is 17.6 Å². The standard InChI is InChI=1S/C11H21NO2S/c1-10-4-3-5-12(8-10)11(13)9-15-7-6-14-2/h10H,3-9H2,1-2H3/t10-/m0/s1. The third-order valence-electron chi connectivity index (χ3n) is 2.67. The van der Waals surface area contributed by atoms with E-state index in [2.05, 4.69) is 6.92 Å². The molecule has 0 bridgehead atoms. The molecule has 4 heteroatoms. The number of carbonyl (C=O) groups is 1. The summed E-state index contributed by atoms with van der Waals surface area (Å²) in [6.45, 7) is 4.85. The van der Waals surface area contributed by atoms with Gasteiger partial charge in [-0.2, -0.15) is 0 Å². The van der Waals surface area contributed by atoms with Crippen LogP contribution in [0.15, 0.2) is 0 Å². The van der Waals surface area contributed by atoms with Crippen molar-refractivity contribution >= 4 is 17.7 Å². The summed E-state index contributed by atoms with van der Waals surface area (Å²) in [4.78, 5) is 13.8. The first-order valence-electron chi connectivity index (χ1n) is 5.58.